The Bertz CT molecular complexity index is 389. The lowest BCUT2D eigenvalue weighted by atomic mass is 10.1. The van der Waals surface area contributed by atoms with Gasteiger partial charge in [-0.25, -0.2) is 4.39 Å². The van der Waals surface area contributed by atoms with Crippen LogP contribution in [-0.2, 0) is 0 Å². The van der Waals surface area contributed by atoms with E-state index >= 15 is 0 Å². The van der Waals surface area contributed by atoms with Gasteiger partial charge in [0, 0.05) is 5.56 Å². The van der Waals surface area contributed by atoms with Gasteiger partial charge >= 0.3 is 0 Å². The Morgan fingerprint density at radius 3 is 3.00 bits per heavy atom. The maximum atomic E-state index is 12.8. The Morgan fingerprint density at radius 2 is 2.27 bits per heavy atom. The minimum atomic E-state index is -0.959. The predicted molar refractivity (Wildman–Crippen MR) is 52.9 cm³/mol. The molecule has 80 valence electrons. The molecule has 0 amide bonds. The van der Waals surface area contributed by atoms with E-state index in [1.165, 1.54) is 18.2 Å². The van der Waals surface area contributed by atoms with Crippen molar-refractivity contribution in [1.29, 1.82) is 0 Å². The maximum Gasteiger partial charge on any atom is 0.145 e. The van der Waals surface area contributed by atoms with Crippen LogP contribution in [0.15, 0.2) is 24.3 Å². The van der Waals surface area contributed by atoms with Crippen LogP contribution < -0.4 is 4.74 Å². The third kappa shape index (κ3) is 2.00. The van der Waals surface area contributed by atoms with Crippen LogP contribution in [0, 0.1) is 5.82 Å². The predicted octanol–water partition coefficient (Wildman–Crippen LogP) is 0.953. The Hall–Kier alpha value is -1.39. The smallest absolute Gasteiger partial charge is 0.145 e. The number of rotatable bonds is 2. The van der Waals surface area contributed by atoms with Gasteiger partial charge in [-0.1, -0.05) is 6.08 Å². The van der Waals surface area contributed by atoms with Crippen molar-refractivity contribution >= 4 is 6.08 Å². The van der Waals surface area contributed by atoms with E-state index in [0.29, 0.717) is 11.3 Å². The first-order valence-electron chi connectivity index (χ1n) is 4.64. The first-order chi connectivity index (χ1) is 7.20. The monoisotopic (exact) mass is 210 g/mol. The fourth-order valence-corrected chi connectivity index (χ4v) is 1.45. The maximum absolute atomic E-state index is 12.8. The van der Waals surface area contributed by atoms with Crippen LogP contribution in [-0.4, -0.2) is 29.0 Å². The summed E-state index contributed by atoms with van der Waals surface area (Å²) in [4.78, 5) is 0. The molecule has 1 aliphatic rings. The molecule has 2 atom stereocenters. The molecular formula is C11H11FO3. The van der Waals surface area contributed by atoms with Crippen LogP contribution in [0.4, 0.5) is 4.39 Å². The highest BCUT2D eigenvalue weighted by Crippen LogP contribution is 2.27. The second kappa shape index (κ2) is 4.00. The second-order valence-electron chi connectivity index (χ2n) is 3.37. The molecule has 2 rings (SSSR count). The Labute approximate surface area is 86.4 Å². The highest BCUT2D eigenvalue weighted by molar-refractivity contribution is 5.60. The van der Waals surface area contributed by atoms with Crippen molar-refractivity contribution in [2.24, 2.45) is 0 Å². The Balaban J connectivity index is 2.24. The topological polar surface area (TPSA) is 49.7 Å². The van der Waals surface area contributed by atoms with Crippen LogP contribution in [0.5, 0.6) is 5.75 Å². The fourth-order valence-electron chi connectivity index (χ4n) is 1.45. The van der Waals surface area contributed by atoms with Crippen molar-refractivity contribution in [2.45, 2.75) is 12.2 Å². The van der Waals surface area contributed by atoms with Gasteiger partial charge in [0.25, 0.3) is 0 Å². The lowest BCUT2D eigenvalue weighted by Crippen LogP contribution is -2.34. The van der Waals surface area contributed by atoms with Crippen LogP contribution in [0.1, 0.15) is 5.56 Å². The molecule has 1 aromatic carbocycles. The highest BCUT2D eigenvalue weighted by atomic mass is 19.1. The third-order valence-corrected chi connectivity index (χ3v) is 2.27. The van der Waals surface area contributed by atoms with Gasteiger partial charge in [-0.05, 0) is 24.3 Å². The number of hydrogen-bond donors (Lipinski definition) is 2. The molecule has 0 saturated heterocycles. The lowest BCUT2D eigenvalue weighted by Gasteiger charge is -2.24. The number of aliphatic hydroxyl groups excluding tert-OH is 2. The van der Waals surface area contributed by atoms with E-state index in [0.717, 1.165) is 0 Å². The van der Waals surface area contributed by atoms with Crippen LogP contribution in [0.25, 0.3) is 6.08 Å². The summed E-state index contributed by atoms with van der Waals surface area (Å²) in [5.74, 6) is 0.180. The molecule has 1 aromatic rings. The van der Waals surface area contributed by atoms with Crippen LogP contribution in [0.2, 0.25) is 0 Å². The number of benzene rings is 1. The molecule has 0 saturated carbocycles. The summed E-state index contributed by atoms with van der Waals surface area (Å²) in [6, 6.07) is 4.15. The van der Waals surface area contributed by atoms with Crippen molar-refractivity contribution in [3.8, 4) is 5.75 Å². The zero-order chi connectivity index (χ0) is 10.8. The van der Waals surface area contributed by atoms with Gasteiger partial charge in [-0.3, -0.25) is 0 Å². The van der Waals surface area contributed by atoms with Crippen molar-refractivity contribution in [1.82, 2.24) is 0 Å². The van der Waals surface area contributed by atoms with Crippen LogP contribution >= 0.6 is 0 Å². The van der Waals surface area contributed by atoms with Gasteiger partial charge in [0.05, 0.1) is 6.61 Å². The van der Waals surface area contributed by atoms with Gasteiger partial charge in [-0.15, -0.1) is 0 Å². The summed E-state index contributed by atoms with van der Waals surface area (Å²) >= 11 is 0. The Morgan fingerprint density at radius 1 is 1.47 bits per heavy atom. The molecule has 0 spiro atoms. The van der Waals surface area contributed by atoms with E-state index < -0.39 is 12.2 Å². The molecule has 4 heteroatoms. The molecule has 0 aliphatic carbocycles. The Kier molecular flexibility index (Phi) is 2.70. The number of fused-ring (bicyclic) bond motifs is 1. The summed E-state index contributed by atoms with van der Waals surface area (Å²) in [6.07, 6.45) is 1.74. The molecule has 3 nitrogen and oxygen atoms in total. The zero-order valence-corrected chi connectivity index (χ0v) is 7.93. The normalized spacial score (nSPS) is 20.6. The minimum absolute atomic E-state index is 0.330. The van der Waals surface area contributed by atoms with Crippen molar-refractivity contribution in [3.05, 3.63) is 35.7 Å². The average Bonchev–Trinajstić information content (AvgIpc) is 2.27. The quantitative estimate of drug-likeness (QED) is 0.764. The van der Waals surface area contributed by atoms with E-state index in [1.54, 1.807) is 12.2 Å². The number of halogens is 1. The van der Waals surface area contributed by atoms with E-state index in [2.05, 4.69) is 0 Å². The summed E-state index contributed by atoms with van der Waals surface area (Å²) in [5, 5.41) is 18.1. The molecular weight excluding hydrogens is 199 g/mol. The first-order valence-corrected chi connectivity index (χ1v) is 4.64. The largest absolute Gasteiger partial charge is 0.483 e. The standard InChI is InChI=1S/C11H11FO3/c12-8-2-4-10-7(5-8)1-3-11(15-10)9(14)6-13/h1-5,9,11,13-14H,6H2. The first kappa shape index (κ1) is 10.1. The fraction of sp³-hybridized carbons (Fsp3) is 0.273. The van der Waals surface area contributed by atoms with Gasteiger partial charge in [0.2, 0.25) is 0 Å². The molecule has 0 bridgehead atoms. The molecule has 0 radical (unpaired) electrons. The highest BCUT2D eigenvalue weighted by Gasteiger charge is 2.21. The van der Waals surface area contributed by atoms with Crippen molar-refractivity contribution < 1.29 is 19.3 Å². The number of ether oxygens (including phenoxy) is 1. The average molecular weight is 210 g/mol. The molecule has 0 fully saturated rings. The number of hydrogen-bond acceptors (Lipinski definition) is 3. The van der Waals surface area contributed by atoms with E-state index in [9.17, 15) is 9.50 Å². The zero-order valence-electron chi connectivity index (χ0n) is 7.93. The van der Waals surface area contributed by atoms with Gasteiger partial charge in [0.15, 0.2) is 0 Å². The van der Waals surface area contributed by atoms with Crippen molar-refractivity contribution in [3.63, 3.8) is 0 Å². The molecule has 2 N–H and O–H groups in total. The summed E-state index contributed by atoms with van der Waals surface area (Å²) in [7, 11) is 0. The minimum Gasteiger partial charge on any atom is -0.483 e. The van der Waals surface area contributed by atoms with Crippen molar-refractivity contribution in [2.75, 3.05) is 6.61 Å². The summed E-state index contributed by atoms with van der Waals surface area (Å²) in [5.41, 5.74) is 0.636. The van der Waals surface area contributed by atoms with Gasteiger partial charge < -0.3 is 14.9 Å². The molecule has 0 aromatic heterocycles. The molecule has 1 heterocycles. The third-order valence-electron chi connectivity index (χ3n) is 2.27. The number of aliphatic hydroxyl groups is 2. The molecule has 1 aliphatic heterocycles. The molecule has 2 unspecified atom stereocenters. The summed E-state index contributed by atoms with van der Waals surface area (Å²) < 4.78 is 18.2. The van der Waals surface area contributed by atoms with E-state index in [4.69, 9.17) is 9.84 Å². The van der Waals surface area contributed by atoms with Gasteiger partial charge in [0.1, 0.15) is 23.8 Å². The van der Waals surface area contributed by atoms with E-state index in [1.807, 2.05) is 0 Å². The van der Waals surface area contributed by atoms with Crippen LogP contribution in [0.3, 0.4) is 0 Å². The SMILES string of the molecule is OCC(O)C1C=Cc2cc(F)ccc2O1. The lowest BCUT2D eigenvalue weighted by molar-refractivity contribution is 0.0201. The second-order valence-corrected chi connectivity index (χ2v) is 3.37. The molecule has 15 heavy (non-hydrogen) atoms. The van der Waals surface area contributed by atoms with Gasteiger partial charge in [-0.2, -0.15) is 0 Å². The summed E-state index contributed by atoms with van der Waals surface area (Å²) in [6.45, 7) is -0.370. The van der Waals surface area contributed by atoms with E-state index in [-0.39, 0.29) is 12.4 Å².